The van der Waals surface area contributed by atoms with Crippen LogP contribution in [0.3, 0.4) is 0 Å². The second kappa shape index (κ2) is 8.71. The van der Waals surface area contributed by atoms with Crippen molar-refractivity contribution in [1.29, 1.82) is 0 Å². The zero-order valence-electron chi connectivity index (χ0n) is 17.1. The Morgan fingerprint density at radius 2 is 1.97 bits per heavy atom. The molecule has 0 radical (unpaired) electrons. The fraction of sp³-hybridized carbons (Fsp3) is 0.476. The van der Waals surface area contributed by atoms with E-state index in [0.717, 1.165) is 23.4 Å². The summed E-state index contributed by atoms with van der Waals surface area (Å²) in [6.07, 6.45) is 1.31. The molecule has 1 aliphatic heterocycles. The van der Waals surface area contributed by atoms with Crippen LogP contribution >= 0.6 is 22.9 Å². The summed E-state index contributed by atoms with van der Waals surface area (Å²) in [7, 11) is 0. The zero-order chi connectivity index (χ0) is 21.2. The van der Waals surface area contributed by atoms with E-state index in [-0.39, 0.29) is 18.0 Å². The van der Waals surface area contributed by atoms with Crippen LogP contribution in [0, 0.1) is 6.92 Å². The van der Waals surface area contributed by atoms with Crippen molar-refractivity contribution in [3.63, 3.8) is 0 Å². The standard InChI is InChI=1S/C21H26ClN3O3S/c1-13-17(29-19(23-13)14-7-9-15(22)10-8-14)18(26)24-16-6-5-11-25(12-16)20(27)28-21(2,3)4/h7-10,16H,5-6,11-12H2,1-4H3,(H,24,26)/t16-/m1/s1. The number of benzene rings is 1. The lowest BCUT2D eigenvalue weighted by atomic mass is 10.1. The summed E-state index contributed by atoms with van der Waals surface area (Å²) in [4.78, 5) is 32.0. The van der Waals surface area contributed by atoms with E-state index in [0.29, 0.717) is 28.7 Å². The van der Waals surface area contributed by atoms with Gasteiger partial charge in [-0.1, -0.05) is 23.7 Å². The Morgan fingerprint density at radius 1 is 1.28 bits per heavy atom. The zero-order valence-corrected chi connectivity index (χ0v) is 18.7. The summed E-state index contributed by atoms with van der Waals surface area (Å²) in [5.41, 5.74) is 1.08. The van der Waals surface area contributed by atoms with Crippen LogP contribution in [0.2, 0.25) is 5.02 Å². The molecule has 2 amide bonds. The number of hydrogen-bond acceptors (Lipinski definition) is 5. The maximum absolute atomic E-state index is 12.8. The molecular formula is C21H26ClN3O3S. The summed E-state index contributed by atoms with van der Waals surface area (Å²) in [6.45, 7) is 8.46. The molecule has 0 spiro atoms. The molecule has 0 bridgehead atoms. The number of amides is 2. The monoisotopic (exact) mass is 435 g/mol. The van der Waals surface area contributed by atoms with Gasteiger partial charge in [-0.25, -0.2) is 9.78 Å². The number of aryl methyl sites for hydroxylation is 1. The van der Waals surface area contributed by atoms with Crippen LogP contribution in [-0.2, 0) is 4.74 Å². The highest BCUT2D eigenvalue weighted by Crippen LogP contribution is 2.29. The molecule has 1 N–H and O–H groups in total. The van der Waals surface area contributed by atoms with E-state index in [1.54, 1.807) is 17.0 Å². The number of carbonyl (C=O) groups is 2. The van der Waals surface area contributed by atoms with Gasteiger partial charge >= 0.3 is 6.09 Å². The van der Waals surface area contributed by atoms with Crippen LogP contribution < -0.4 is 5.32 Å². The van der Waals surface area contributed by atoms with Crippen molar-refractivity contribution in [2.45, 2.75) is 52.2 Å². The molecule has 3 rings (SSSR count). The summed E-state index contributed by atoms with van der Waals surface area (Å²) < 4.78 is 5.45. The maximum atomic E-state index is 12.8. The van der Waals surface area contributed by atoms with Gasteiger partial charge in [0.25, 0.3) is 5.91 Å². The van der Waals surface area contributed by atoms with Crippen LogP contribution in [0.4, 0.5) is 4.79 Å². The molecule has 1 aliphatic rings. The molecule has 8 heteroatoms. The van der Waals surface area contributed by atoms with E-state index in [4.69, 9.17) is 16.3 Å². The Bertz CT molecular complexity index is 890. The number of aromatic nitrogens is 1. The van der Waals surface area contributed by atoms with E-state index in [9.17, 15) is 9.59 Å². The lowest BCUT2D eigenvalue weighted by molar-refractivity contribution is 0.0185. The number of nitrogens with zero attached hydrogens (tertiary/aromatic N) is 2. The van der Waals surface area contributed by atoms with Gasteiger partial charge in [-0.15, -0.1) is 11.3 Å². The van der Waals surface area contributed by atoms with Gasteiger partial charge in [-0.3, -0.25) is 4.79 Å². The first kappa shape index (κ1) is 21.6. The Balaban J connectivity index is 1.65. The van der Waals surface area contributed by atoms with Crippen LogP contribution in [0.15, 0.2) is 24.3 Å². The Morgan fingerprint density at radius 3 is 2.62 bits per heavy atom. The summed E-state index contributed by atoms with van der Waals surface area (Å²) in [5, 5.41) is 4.50. The first-order valence-electron chi connectivity index (χ1n) is 9.64. The highest BCUT2D eigenvalue weighted by atomic mass is 35.5. The molecule has 6 nitrogen and oxygen atoms in total. The third kappa shape index (κ3) is 5.70. The highest BCUT2D eigenvalue weighted by molar-refractivity contribution is 7.17. The molecule has 2 aromatic rings. The van der Waals surface area contributed by atoms with Crippen molar-refractivity contribution in [2.24, 2.45) is 0 Å². The first-order chi connectivity index (χ1) is 13.6. The van der Waals surface area contributed by atoms with Crippen molar-refractivity contribution in [3.8, 4) is 10.6 Å². The maximum Gasteiger partial charge on any atom is 0.410 e. The number of ether oxygens (including phenoxy) is 1. The van der Waals surface area contributed by atoms with Gasteiger partial charge in [0.1, 0.15) is 15.5 Å². The third-order valence-corrected chi connectivity index (χ3v) is 5.96. The molecule has 1 saturated heterocycles. The fourth-order valence-corrected chi connectivity index (χ4v) is 4.26. The van der Waals surface area contributed by atoms with Crippen molar-refractivity contribution < 1.29 is 14.3 Å². The van der Waals surface area contributed by atoms with Gasteiger partial charge in [0, 0.05) is 29.7 Å². The second-order valence-electron chi connectivity index (χ2n) is 8.18. The predicted molar refractivity (Wildman–Crippen MR) is 116 cm³/mol. The van der Waals surface area contributed by atoms with Crippen molar-refractivity contribution in [3.05, 3.63) is 39.9 Å². The fourth-order valence-electron chi connectivity index (χ4n) is 3.16. The largest absolute Gasteiger partial charge is 0.444 e. The number of nitrogens with one attached hydrogen (secondary N) is 1. The minimum absolute atomic E-state index is 0.107. The van der Waals surface area contributed by atoms with E-state index in [2.05, 4.69) is 10.3 Å². The predicted octanol–water partition coefficient (Wildman–Crippen LogP) is 4.90. The minimum Gasteiger partial charge on any atom is -0.444 e. The molecule has 29 heavy (non-hydrogen) atoms. The molecule has 1 aromatic heterocycles. The molecule has 0 saturated carbocycles. The average Bonchev–Trinajstić information content (AvgIpc) is 3.03. The number of likely N-dealkylation sites (tertiary alicyclic amines) is 1. The molecule has 156 valence electrons. The van der Waals surface area contributed by atoms with Crippen molar-refractivity contribution in [1.82, 2.24) is 15.2 Å². The van der Waals surface area contributed by atoms with Gasteiger partial charge in [0.2, 0.25) is 0 Å². The number of halogens is 1. The van der Waals surface area contributed by atoms with Crippen LogP contribution in [0.25, 0.3) is 10.6 Å². The molecule has 2 heterocycles. The SMILES string of the molecule is Cc1nc(-c2ccc(Cl)cc2)sc1C(=O)N[C@@H]1CCCN(C(=O)OC(C)(C)C)C1. The third-order valence-electron chi connectivity index (χ3n) is 4.50. The molecule has 0 unspecified atom stereocenters. The smallest absolute Gasteiger partial charge is 0.410 e. The lowest BCUT2D eigenvalue weighted by Crippen LogP contribution is -2.50. The van der Waals surface area contributed by atoms with Crippen LogP contribution in [0.5, 0.6) is 0 Å². The molecular weight excluding hydrogens is 410 g/mol. The van der Waals surface area contributed by atoms with Crippen LogP contribution in [0.1, 0.15) is 49.0 Å². The number of rotatable bonds is 3. The van der Waals surface area contributed by atoms with E-state index < -0.39 is 5.60 Å². The first-order valence-corrected chi connectivity index (χ1v) is 10.8. The Kier molecular flexibility index (Phi) is 6.49. The van der Waals surface area contributed by atoms with E-state index >= 15 is 0 Å². The normalized spacial score (nSPS) is 17.1. The second-order valence-corrected chi connectivity index (χ2v) is 9.61. The number of hydrogen-bond donors (Lipinski definition) is 1. The Labute approximate surface area is 180 Å². The molecule has 1 aromatic carbocycles. The van der Waals surface area contributed by atoms with Gasteiger partial charge in [0.05, 0.1) is 5.69 Å². The van der Waals surface area contributed by atoms with Gasteiger partial charge in [-0.2, -0.15) is 0 Å². The average molecular weight is 436 g/mol. The summed E-state index contributed by atoms with van der Waals surface area (Å²) in [5.74, 6) is -0.156. The van der Waals surface area contributed by atoms with Crippen molar-refractivity contribution in [2.75, 3.05) is 13.1 Å². The van der Waals surface area contributed by atoms with E-state index in [1.165, 1.54) is 11.3 Å². The van der Waals surface area contributed by atoms with E-state index in [1.807, 2.05) is 39.8 Å². The minimum atomic E-state index is -0.537. The summed E-state index contributed by atoms with van der Waals surface area (Å²) in [6, 6.07) is 7.29. The van der Waals surface area contributed by atoms with Crippen LogP contribution in [-0.4, -0.2) is 46.6 Å². The topological polar surface area (TPSA) is 71.5 Å². The quantitative estimate of drug-likeness (QED) is 0.744. The van der Waals surface area contributed by atoms with Gasteiger partial charge in [0.15, 0.2) is 0 Å². The summed E-state index contributed by atoms with van der Waals surface area (Å²) >= 11 is 7.30. The number of piperidine rings is 1. The lowest BCUT2D eigenvalue weighted by Gasteiger charge is -2.34. The Hall–Kier alpha value is -2.12. The number of thiazole rings is 1. The number of carbonyl (C=O) groups excluding carboxylic acids is 2. The molecule has 0 aliphatic carbocycles. The highest BCUT2D eigenvalue weighted by Gasteiger charge is 2.29. The molecule has 1 atom stereocenters. The van der Waals surface area contributed by atoms with Gasteiger partial charge in [-0.05, 0) is 52.7 Å². The van der Waals surface area contributed by atoms with Gasteiger partial charge < -0.3 is 15.0 Å². The van der Waals surface area contributed by atoms with Crippen molar-refractivity contribution >= 4 is 34.9 Å². The molecule has 1 fully saturated rings.